The molecule has 28 heavy (non-hydrogen) atoms. The first-order valence-electron chi connectivity index (χ1n) is 8.88. The van der Waals surface area contributed by atoms with Crippen molar-refractivity contribution in [3.8, 4) is 0 Å². The van der Waals surface area contributed by atoms with Crippen LogP contribution in [-0.2, 0) is 16.6 Å². The lowest BCUT2D eigenvalue weighted by Gasteiger charge is -2.10. The number of aromatic nitrogens is 2. The normalized spacial score (nSPS) is 11.4. The molecule has 3 rings (SSSR count). The predicted molar refractivity (Wildman–Crippen MR) is 108 cm³/mol. The number of benzene rings is 2. The Kier molecular flexibility index (Phi) is 5.91. The minimum atomic E-state index is -3.55. The van der Waals surface area contributed by atoms with E-state index in [4.69, 9.17) is 0 Å². The van der Waals surface area contributed by atoms with Gasteiger partial charge in [-0.15, -0.1) is 0 Å². The van der Waals surface area contributed by atoms with E-state index in [0.717, 1.165) is 11.3 Å². The molecule has 0 fully saturated rings. The molecular weight excluding hydrogens is 376 g/mol. The van der Waals surface area contributed by atoms with E-state index in [1.807, 2.05) is 37.3 Å². The fourth-order valence-electron chi connectivity index (χ4n) is 2.77. The average molecular weight is 398 g/mol. The molecule has 0 spiro atoms. The van der Waals surface area contributed by atoms with Crippen molar-refractivity contribution in [3.63, 3.8) is 0 Å². The summed E-state index contributed by atoms with van der Waals surface area (Å²) >= 11 is 0. The molecule has 146 valence electrons. The molecule has 1 aromatic heterocycles. The second kappa shape index (κ2) is 8.37. The summed E-state index contributed by atoms with van der Waals surface area (Å²) in [6.45, 7) is 4.40. The van der Waals surface area contributed by atoms with E-state index in [1.54, 1.807) is 17.7 Å². The van der Waals surface area contributed by atoms with Gasteiger partial charge in [-0.25, -0.2) is 17.8 Å². The molecule has 3 aromatic rings. The summed E-state index contributed by atoms with van der Waals surface area (Å²) in [7, 11) is -3.55. The minimum absolute atomic E-state index is 0.121. The van der Waals surface area contributed by atoms with Gasteiger partial charge in [-0.05, 0) is 36.8 Å². The number of aryl methyl sites for hydroxylation is 1. The number of nitrogens with zero attached hydrogens (tertiary/aromatic N) is 2. The highest BCUT2D eigenvalue weighted by molar-refractivity contribution is 7.89. The van der Waals surface area contributed by atoms with Crippen molar-refractivity contribution in [1.29, 1.82) is 0 Å². The third-order valence-corrected chi connectivity index (χ3v) is 5.64. The second-order valence-electron chi connectivity index (χ2n) is 6.29. The maximum absolute atomic E-state index is 12.6. The largest absolute Gasteiger partial charge is 0.307 e. The van der Waals surface area contributed by atoms with E-state index >= 15 is 0 Å². The predicted octanol–water partition coefficient (Wildman–Crippen LogP) is 2.79. The number of carbonyl (C=O) groups excluding carboxylic acids is 1. The molecular formula is C20H22N4O3S. The summed E-state index contributed by atoms with van der Waals surface area (Å²) in [4.78, 5) is 12.7. The summed E-state index contributed by atoms with van der Waals surface area (Å²) in [6.07, 6.45) is 0. The molecule has 0 atom stereocenters. The van der Waals surface area contributed by atoms with Gasteiger partial charge in [-0.1, -0.05) is 37.3 Å². The average Bonchev–Trinajstić information content (AvgIpc) is 3.01. The molecule has 2 N–H and O–H groups in total. The van der Waals surface area contributed by atoms with Crippen molar-refractivity contribution in [2.75, 3.05) is 11.9 Å². The summed E-state index contributed by atoms with van der Waals surface area (Å²) < 4.78 is 28.2. The Bertz CT molecular complexity index is 1060. The third kappa shape index (κ3) is 4.65. The molecule has 1 heterocycles. The van der Waals surface area contributed by atoms with Crippen molar-refractivity contribution in [3.05, 3.63) is 77.5 Å². The first kappa shape index (κ1) is 19.8. The zero-order valence-corrected chi connectivity index (χ0v) is 16.5. The number of carbonyl (C=O) groups is 1. The van der Waals surface area contributed by atoms with Gasteiger partial charge in [-0.2, -0.15) is 5.10 Å². The molecule has 0 bridgehead atoms. The Labute approximate surface area is 164 Å². The topological polar surface area (TPSA) is 93.1 Å². The molecule has 0 radical (unpaired) electrons. The van der Waals surface area contributed by atoms with Crippen LogP contribution in [0.2, 0.25) is 0 Å². The minimum Gasteiger partial charge on any atom is -0.307 e. The fraction of sp³-hybridized carbons (Fsp3) is 0.200. The Balaban J connectivity index is 1.76. The van der Waals surface area contributed by atoms with Gasteiger partial charge in [0.25, 0.3) is 5.91 Å². The number of hydrogen-bond acceptors (Lipinski definition) is 4. The fourth-order valence-corrected chi connectivity index (χ4v) is 3.81. The highest BCUT2D eigenvalue weighted by Crippen LogP contribution is 2.16. The zero-order chi connectivity index (χ0) is 20.1. The molecule has 0 aliphatic rings. The van der Waals surface area contributed by atoms with E-state index in [0.29, 0.717) is 24.5 Å². The summed E-state index contributed by atoms with van der Waals surface area (Å²) in [5, 5.41) is 7.28. The molecule has 0 saturated heterocycles. The van der Waals surface area contributed by atoms with Gasteiger partial charge >= 0.3 is 0 Å². The van der Waals surface area contributed by atoms with Gasteiger partial charge < -0.3 is 5.32 Å². The van der Waals surface area contributed by atoms with Gasteiger partial charge in [0, 0.05) is 18.2 Å². The highest BCUT2D eigenvalue weighted by atomic mass is 32.2. The van der Waals surface area contributed by atoms with E-state index in [-0.39, 0.29) is 10.8 Å². The smallest absolute Gasteiger partial charge is 0.256 e. The standard InChI is InChI=1S/C20H22N4O3S/c1-3-21-28(26,27)18-11-9-17(10-12-18)20(25)22-19-13-15(2)23-24(19)14-16-7-5-4-6-8-16/h4-13,21H,3,14H2,1-2H3,(H,22,25). The molecule has 7 nitrogen and oxygen atoms in total. The maximum Gasteiger partial charge on any atom is 0.256 e. The van der Waals surface area contributed by atoms with Crippen LogP contribution in [0.1, 0.15) is 28.5 Å². The number of anilines is 1. The number of hydrogen-bond donors (Lipinski definition) is 2. The second-order valence-corrected chi connectivity index (χ2v) is 8.06. The number of amides is 1. The summed E-state index contributed by atoms with van der Waals surface area (Å²) in [5.41, 5.74) is 2.22. The van der Waals surface area contributed by atoms with Crippen molar-refractivity contribution in [1.82, 2.24) is 14.5 Å². The highest BCUT2D eigenvalue weighted by Gasteiger charge is 2.15. The monoisotopic (exact) mass is 398 g/mol. The van der Waals surface area contributed by atoms with Crippen molar-refractivity contribution in [2.24, 2.45) is 0 Å². The molecule has 0 aliphatic carbocycles. The van der Waals surface area contributed by atoms with E-state index in [2.05, 4.69) is 15.1 Å². The quantitative estimate of drug-likeness (QED) is 0.640. The Morgan fingerprint density at radius 3 is 2.39 bits per heavy atom. The van der Waals surface area contributed by atoms with Crippen LogP contribution in [0.15, 0.2) is 65.6 Å². The Morgan fingerprint density at radius 1 is 1.07 bits per heavy atom. The zero-order valence-electron chi connectivity index (χ0n) is 15.7. The van der Waals surface area contributed by atoms with Crippen LogP contribution in [0.3, 0.4) is 0 Å². The molecule has 2 aromatic carbocycles. The van der Waals surface area contributed by atoms with Gasteiger partial charge in [0.2, 0.25) is 10.0 Å². The lowest BCUT2D eigenvalue weighted by molar-refractivity contribution is 0.102. The molecule has 1 amide bonds. The number of sulfonamides is 1. The summed E-state index contributed by atoms with van der Waals surface area (Å²) in [5.74, 6) is 0.248. The lowest BCUT2D eigenvalue weighted by atomic mass is 10.2. The van der Waals surface area contributed by atoms with Crippen molar-refractivity contribution in [2.45, 2.75) is 25.3 Å². The Morgan fingerprint density at radius 2 is 1.75 bits per heavy atom. The van der Waals surface area contributed by atoms with Crippen LogP contribution in [0.5, 0.6) is 0 Å². The van der Waals surface area contributed by atoms with Gasteiger partial charge in [-0.3, -0.25) is 4.79 Å². The van der Waals surface area contributed by atoms with Gasteiger partial charge in [0.05, 0.1) is 17.1 Å². The SMILES string of the molecule is CCNS(=O)(=O)c1ccc(C(=O)Nc2cc(C)nn2Cc2ccccc2)cc1. The van der Waals surface area contributed by atoms with E-state index in [9.17, 15) is 13.2 Å². The van der Waals surface area contributed by atoms with E-state index in [1.165, 1.54) is 24.3 Å². The van der Waals surface area contributed by atoms with Gasteiger partial charge in [0.15, 0.2) is 0 Å². The molecule has 0 saturated carbocycles. The first-order valence-corrected chi connectivity index (χ1v) is 10.4. The van der Waals surface area contributed by atoms with Crippen molar-refractivity contribution < 1.29 is 13.2 Å². The lowest BCUT2D eigenvalue weighted by Crippen LogP contribution is -2.23. The van der Waals surface area contributed by atoms with Crippen LogP contribution in [0.4, 0.5) is 5.82 Å². The summed E-state index contributed by atoms with van der Waals surface area (Å²) in [6, 6.07) is 17.4. The number of rotatable bonds is 7. The van der Waals surface area contributed by atoms with Gasteiger partial charge in [0.1, 0.15) is 5.82 Å². The van der Waals surface area contributed by atoms with E-state index < -0.39 is 10.0 Å². The van der Waals surface area contributed by atoms with Crippen LogP contribution in [-0.4, -0.2) is 30.7 Å². The van der Waals surface area contributed by atoms with Crippen LogP contribution in [0, 0.1) is 6.92 Å². The number of nitrogens with one attached hydrogen (secondary N) is 2. The van der Waals surface area contributed by atoms with Crippen LogP contribution >= 0.6 is 0 Å². The molecule has 0 aliphatic heterocycles. The molecule has 8 heteroatoms. The molecule has 0 unspecified atom stereocenters. The van der Waals surface area contributed by atoms with Crippen LogP contribution < -0.4 is 10.0 Å². The van der Waals surface area contributed by atoms with Crippen LogP contribution in [0.25, 0.3) is 0 Å². The Hall–Kier alpha value is -2.97. The first-order chi connectivity index (χ1) is 13.4. The maximum atomic E-state index is 12.6. The van der Waals surface area contributed by atoms with Crippen molar-refractivity contribution >= 4 is 21.7 Å². The third-order valence-electron chi connectivity index (χ3n) is 4.08.